The van der Waals surface area contributed by atoms with Crippen LogP contribution < -0.4 is 10.6 Å². The molecule has 0 fully saturated rings. The van der Waals surface area contributed by atoms with Crippen molar-refractivity contribution in [2.45, 2.75) is 86.1 Å². The van der Waals surface area contributed by atoms with E-state index in [0.717, 1.165) is 6.42 Å². The molecule has 0 saturated carbocycles. The van der Waals surface area contributed by atoms with E-state index in [1.807, 2.05) is 38.1 Å². The number of amides is 4. The van der Waals surface area contributed by atoms with Gasteiger partial charge >= 0.3 is 0 Å². The predicted octanol–water partition coefficient (Wildman–Crippen LogP) is 4.44. The summed E-state index contributed by atoms with van der Waals surface area (Å²) >= 11 is 0. The number of benzene rings is 1. The molecule has 0 radical (unpaired) electrons. The normalized spacial score (nSPS) is 15.1. The van der Waals surface area contributed by atoms with Gasteiger partial charge in [0.15, 0.2) is 5.78 Å². The fourth-order valence-electron chi connectivity index (χ4n) is 4.35. The number of carbonyl (C=O) groups excluding carboxylic acids is 5. The Labute approximate surface area is 226 Å². The largest absolute Gasteiger partial charge is 0.346 e. The van der Waals surface area contributed by atoms with Gasteiger partial charge in [0.25, 0.3) is 11.8 Å². The van der Waals surface area contributed by atoms with Gasteiger partial charge in [-0.15, -0.1) is 0 Å². The zero-order chi connectivity index (χ0) is 28.5. The third-order valence-corrected chi connectivity index (χ3v) is 6.43. The Balaban J connectivity index is 1.77. The fraction of sp³-hybridized carbons (Fsp3) is 0.567. The summed E-state index contributed by atoms with van der Waals surface area (Å²) < 4.78 is 0. The molecule has 1 aromatic rings. The van der Waals surface area contributed by atoms with E-state index in [9.17, 15) is 24.0 Å². The summed E-state index contributed by atoms with van der Waals surface area (Å²) in [6.45, 7) is 12.3. The van der Waals surface area contributed by atoms with Crippen LogP contribution in [0.25, 0.3) is 0 Å². The highest BCUT2D eigenvalue weighted by molar-refractivity contribution is 6.12. The Hall–Kier alpha value is -3.29. The maximum atomic E-state index is 13.0. The first kappa shape index (κ1) is 30.9. The monoisotopic (exact) mass is 525 g/mol. The highest BCUT2D eigenvalue weighted by atomic mass is 16.2. The van der Waals surface area contributed by atoms with Crippen molar-refractivity contribution in [3.8, 4) is 0 Å². The molecule has 208 valence electrons. The van der Waals surface area contributed by atoms with E-state index in [1.54, 1.807) is 6.92 Å². The number of imide groups is 1. The molecule has 0 aromatic heterocycles. The first-order valence-electron chi connectivity index (χ1n) is 13.5. The first-order chi connectivity index (χ1) is 17.8. The van der Waals surface area contributed by atoms with Crippen LogP contribution in [-0.2, 0) is 30.4 Å². The third-order valence-electron chi connectivity index (χ3n) is 6.43. The van der Waals surface area contributed by atoms with E-state index >= 15 is 0 Å². The van der Waals surface area contributed by atoms with Crippen molar-refractivity contribution in [3.05, 3.63) is 42.0 Å². The molecular formula is C30H43N3O5. The van der Waals surface area contributed by atoms with E-state index < -0.39 is 12.0 Å². The SMILES string of the molecule is CC(C)C(NC(=O)CCCCCN1C(=O)C=CC1=O)C(=O)C[C@@H](C)C(=O)Nc1ccc(CC(C)(C)C)cc1. The van der Waals surface area contributed by atoms with Gasteiger partial charge in [0.1, 0.15) is 0 Å². The van der Waals surface area contributed by atoms with Crippen molar-refractivity contribution in [1.82, 2.24) is 10.2 Å². The van der Waals surface area contributed by atoms with Gasteiger partial charge in [-0.3, -0.25) is 28.9 Å². The summed E-state index contributed by atoms with van der Waals surface area (Å²) in [5, 5.41) is 5.72. The summed E-state index contributed by atoms with van der Waals surface area (Å²) in [6.07, 6.45) is 5.61. The fourth-order valence-corrected chi connectivity index (χ4v) is 4.35. The molecule has 0 bridgehead atoms. The Kier molecular flexibility index (Phi) is 11.4. The third kappa shape index (κ3) is 10.2. The lowest BCUT2D eigenvalue weighted by Gasteiger charge is -2.23. The van der Waals surface area contributed by atoms with Crippen LogP contribution in [0.15, 0.2) is 36.4 Å². The van der Waals surface area contributed by atoms with Crippen molar-refractivity contribution in [2.24, 2.45) is 17.3 Å². The Morgan fingerprint density at radius 1 is 0.895 bits per heavy atom. The van der Waals surface area contributed by atoms with Crippen LogP contribution in [0.1, 0.15) is 79.2 Å². The molecule has 4 amide bonds. The maximum Gasteiger partial charge on any atom is 0.253 e. The van der Waals surface area contributed by atoms with Crippen LogP contribution in [0.2, 0.25) is 0 Å². The molecule has 8 nitrogen and oxygen atoms in total. The van der Waals surface area contributed by atoms with Crippen molar-refractivity contribution < 1.29 is 24.0 Å². The number of nitrogens with one attached hydrogen (secondary N) is 2. The van der Waals surface area contributed by atoms with Gasteiger partial charge in [-0.05, 0) is 48.3 Å². The van der Waals surface area contributed by atoms with Crippen LogP contribution in [0, 0.1) is 17.3 Å². The van der Waals surface area contributed by atoms with Crippen LogP contribution in [0.3, 0.4) is 0 Å². The zero-order valence-electron chi connectivity index (χ0n) is 23.6. The number of anilines is 1. The first-order valence-corrected chi connectivity index (χ1v) is 13.5. The molecule has 2 rings (SSSR count). The maximum absolute atomic E-state index is 13.0. The van der Waals surface area contributed by atoms with E-state index in [2.05, 4.69) is 31.4 Å². The summed E-state index contributed by atoms with van der Waals surface area (Å²) in [6, 6.07) is 7.10. The molecule has 1 aliphatic rings. The standard InChI is InChI=1S/C30H43N3O5/c1-20(2)28(32-25(35)10-8-7-9-17-33-26(36)15-16-27(33)37)24(34)18-21(3)29(38)31-23-13-11-22(12-14-23)19-30(4,5)6/h11-16,20-21,28H,7-10,17-19H2,1-6H3,(H,31,38)(H,32,35)/t21-,28?/m1/s1. The molecule has 1 aliphatic heterocycles. The van der Waals surface area contributed by atoms with Gasteiger partial charge in [0.05, 0.1) is 6.04 Å². The van der Waals surface area contributed by atoms with Gasteiger partial charge in [-0.1, -0.05) is 60.1 Å². The molecule has 0 saturated heterocycles. The van der Waals surface area contributed by atoms with Gasteiger partial charge < -0.3 is 10.6 Å². The second-order valence-corrected chi connectivity index (χ2v) is 11.8. The molecule has 0 aliphatic carbocycles. The summed E-state index contributed by atoms with van der Waals surface area (Å²) in [5.41, 5.74) is 2.06. The quantitative estimate of drug-likeness (QED) is 0.276. The highest BCUT2D eigenvalue weighted by Gasteiger charge is 2.27. The molecule has 2 atom stereocenters. The number of unbranched alkanes of at least 4 members (excludes halogenated alkanes) is 2. The van der Waals surface area contributed by atoms with Gasteiger partial charge in [0.2, 0.25) is 11.8 Å². The van der Waals surface area contributed by atoms with Crippen molar-refractivity contribution in [3.63, 3.8) is 0 Å². The number of hydrogen-bond donors (Lipinski definition) is 2. The van der Waals surface area contributed by atoms with Crippen molar-refractivity contribution >= 4 is 35.1 Å². The summed E-state index contributed by atoms with van der Waals surface area (Å²) in [7, 11) is 0. The van der Waals surface area contributed by atoms with Crippen molar-refractivity contribution in [2.75, 3.05) is 11.9 Å². The number of hydrogen-bond acceptors (Lipinski definition) is 5. The topological polar surface area (TPSA) is 113 Å². The minimum absolute atomic E-state index is 0.0307. The number of nitrogens with zero attached hydrogens (tertiary/aromatic N) is 1. The average molecular weight is 526 g/mol. The molecule has 1 unspecified atom stereocenters. The van der Waals surface area contributed by atoms with Gasteiger partial charge in [0, 0.05) is 43.1 Å². The molecule has 1 aromatic carbocycles. The highest BCUT2D eigenvalue weighted by Crippen LogP contribution is 2.22. The molecular weight excluding hydrogens is 482 g/mol. The predicted molar refractivity (Wildman–Crippen MR) is 148 cm³/mol. The Morgan fingerprint density at radius 2 is 1.50 bits per heavy atom. The Morgan fingerprint density at radius 3 is 2.05 bits per heavy atom. The molecule has 38 heavy (non-hydrogen) atoms. The molecule has 1 heterocycles. The second kappa shape index (κ2) is 14.0. The second-order valence-electron chi connectivity index (χ2n) is 11.8. The van der Waals surface area contributed by atoms with Crippen molar-refractivity contribution in [1.29, 1.82) is 0 Å². The van der Waals surface area contributed by atoms with E-state index in [-0.39, 0.29) is 53.6 Å². The smallest absolute Gasteiger partial charge is 0.253 e. The lowest BCUT2D eigenvalue weighted by atomic mass is 9.88. The number of carbonyl (C=O) groups is 5. The van der Waals surface area contributed by atoms with Crippen LogP contribution in [-0.4, -0.2) is 46.9 Å². The molecule has 2 N–H and O–H groups in total. The van der Waals surface area contributed by atoms with Gasteiger partial charge in [-0.2, -0.15) is 0 Å². The van der Waals surface area contributed by atoms with E-state index in [1.165, 1.54) is 22.6 Å². The van der Waals surface area contributed by atoms with Crippen LogP contribution in [0.4, 0.5) is 5.69 Å². The molecule has 8 heteroatoms. The number of ketones is 1. The molecule has 0 spiro atoms. The lowest BCUT2D eigenvalue weighted by Crippen LogP contribution is -2.45. The number of rotatable bonds is 14. The summed E-state index contributed by atoms with van der Waals surface area (Å²) in [4.78, 5) is 62.5. The summed E-state index contributed by atoms with van der Waals surface area (Å²) in [5.74, 6) is -1.89. The van der Waals surface area contributed by atoms with Crippen LogP contribution >= 0.6 is 0 Å². The minimum atomic E-state index is -0.666. The zero-order valence-corrected chi connectivity index (χ0v) is 23.6. The van der Waals surface area contributed by atoms with E-state index in [0.29, 0.717) is 31.5 Å². The van der Waals surface area contributed by atoms with Gasteiger partial charge in [-0.25, -0.2) is 0 Å². The lowest BCUT2D eigenvalue weighted by molar-refractivity contribution is -0.137. The van der Waals surface area contributed by atoms with E-state index in [4.69, 9.17) is 0 Å². The minimum Gasteiger partial charge on any atom is -0.346 e. The number of Topliss-reactive ketones (excluding diaryl/α,β-unsaturated/α-hetero) is 1. The van der Waals surface area contributed by atoms with Crippen LogP contribution in [0.5, 0.6) is 0 Å². The average Bonchev–Trinajstić information content (AvgIpc) is 3.14. The Bertz CT molecular complexity index is 1020.